The average molecular weight is 379 g/mol. The van der Waals surface area contributed by atoms with E-state index in [-0.39, 0.29) is 10.2 Å². The second-order valence-corrected chi connectivity index (χ2v) is 7.42. The Morgan fingerprint density at radius 2 is 1.84 bits per heavy atom. The number of hydrogen-bond donors (Lipinski definition) is 1. The van der Waals surface area contributed by atoms with E-state index in [4.69, 9.17) is 17.3 Å². The van der Waals surface area contributed by atoms with Gasteiger partial charge in [-0.2, -0.15) is 0 Å². The highest BCUT2D eigenvalue weighted by Crippen LogP contribution is 2.32. The summed E-state index contributed by atoms with van der Waals surface area (Å²) in [4.78, 5) is 27.0. The number of carbonyl (C=O) groups excluding carboxylic acids is 1. The molecule has 1 heterocycles. The van der Waals surface area contributed by atoms with Crippen molar-refractivity contribution in [2.24, 2.45) is 0 Å². The number of carboxylic acid groups (broad SMARTS) is 1. The van der Waals surface area contributed by atoms with E-state index in [9.17, 15) is 9.59 Å². The highest BCUT2D eigenvalue weighted by atomic mass is 32.2. The van der Waals surface area contributed by atoms with Gasteiger partial charge in [0.1, 0.15) is 10.9 Å². The summed E-state index contributed by atoms with van der Waals surface area (Å²) in [6.45, 7) is 5.96. The molecule has 0 radical (unpaired) electrons. The normalized spacial score (nSPS) is 15.9. The van der Waals surface area contributed by atoms with Gasteiger partial charge in [-0.3, -0.25) is 14.5 Å². The van der Waals surface area contributed by atoms with Crippen molar-refractivity contribution < 1.29 is 14.7 Å². The molecule has 0 bridgehead atoms. The molecule has 25 heavy (non-hydrogen) atoms. The van der Waals surface area contributed by atoms with E-state index in [2.05, 4.69) is 30.9 Å². The van der Waals surface area contributed by atoms with E-state index in [0.29, 0.717) is 4.91 Å². The fourth-order valence-electron chi connectivity index (χ4n) is 2.61. The van der Waals surface area contributed by atoms with E-state index in [1.165, 1.54) is 5.69 Å². The topological polar surface area (TPSA) is 60.9 Å². The smallest absolute Gasteiger partial charge is 0.323 e. The molecule has 0 aromatic heterocycles. The van der Waals surface area contributed by atoms with E-state index in [1.54, 1.807) is 6.08 Å². The Kier molecular flexibility index (Phi) is 7.01. The Morgan fingerprint density at radius 3 is 2.36 bits per heavy atom. The number of nitrogens with zero attached hydrogens (tertiary/aromatic N) is 2. The Labute approximate surface area is 157 Å². The van der Waals surface area contributed by atoms with Crippen LogP contribution in [-0.2, 0) is 9.59 Å². The third kappa shape index (κ3) is 5.06. The van der Waals surface area contributed by atoms with Gasteiger partial charge in [-0.05, 0) is 36.6 Å². The number of carbonyl (C=O) groups is 2. The second-order valence-electron chi connectivity index (χ2n) is 5.74. The zero-order valence-electron chi connectivity index (χ0n) is 14.4. The lowest BCUT2D eigenvalue weighted by atomic mass is 10.1. The molecule has 1 amide bonds. The first-order valence-corrected chi connectivity index (χ1v) is 9.50. The monoisotopic (exact) mass is 378 g/mol. The Morgan fingerprint density at radius 1 is 1.24 bits per heavy atom. The number of thiocarbonyl (C=S) groups is 1. The second kappa shape index (κ2) is 9.01. The highest BCUT2D eigenvalue weighted by Gasteiger charge is 2.33. The summed E-state index contributed by atoms with van der Waals surface area (Å²) in [5, 5.41) is 8.87. The van der Waals surface area contributed by atoms with Crippen LogP contribution in [0.1, 0.15) is 32.3 Å². The van der Waals surface area contributed by atoms with Crippen molar-refractivity contribution >= 4 is 51.9 Å². The molecule has 1 saturated heterocycles. The van der Waals surface area contributed by atoms with E-state index in [0.717, 1.165) is 48.2 Å². The van der Waals surface area contributed by atoms with Crippen molar-refractivity contribution in [2.75, 3.05) is 24.5 Å². The predicted molar refractivity (Wildman–Crippen MR) is 107 cm³/mol. The number of rotatable bonds is 8. The van der Waals surface area contributed by atoms with Gasteiger partial charge in [0.25, 0.3) is 5.91 Å². The molecule has 0 saturated carbocycles. The van der Waals surface area contributed by atoms with Gasteiger partial charge in [-0.15, -0.1) is 0 Å². The molecule has 0 unspecified atom stereocenters. The van der Waals surface area contributed by atoms with Crippen LogP contribution in [-0.4, -0.2) is 45.8 Å². The average Bonchev–Trinajstić information content (AvgIpc) is 2.82. The lowest BCUT2D eigenvalue weighted by molar-refractivity contribution is -0.140. The minimum Gasteiger partial charge on any atom is -0.480 e. The van der Waals surface area contributed by atoms with Crippen LogP contribution in [0.3, 0.4) is 0 Å². The van der Waals surface area contributed by atoms with Crippen molar-refractivity contribution in [3.63, 3.8) is 0 Å². The van der Waals surface area contributed by atoms with Gasteiger partial charge in [0.2, 0.25) is 0 Å². The van der Waals surface area contributed by atoms with Gasteiger partial charge in [-0.25, -0.2) is 0 Å². The first-order chi connectivity index (χ1) is 12.0. The third-order valence-electron chi connectivity index (χ3n) is 3.71. The summed E-state index contributed by atoms with van der Waals surface area (Å²) in [5.74, 6) is -1.42. The minimum atomic E-state index is -1.08. The van der Waals surface area contributed by atoms with Crippen LogP contribution in [0.5, 0.6) is 0 Å². The summed E-state index contributed by atoms with van der Waals surface area (Å²) >= 11 is 6.24. The lowest BCUT2D eigenvalue weighted by Gasteiger charge is -2.23. The molecule has 0 aliphatic carbocycles. The summed E-state index contributed by atoms with van der Waals surface area (Å²) < 4.78 is 0.285. The van der Waals surface area contributed by atoms with Crippen LogP contribution in [0.15, 0.2) is 29.2 Å². The highest BCUT2D eigenvalue weighted by molar-refractivity contribution is 8.26. The van der Waals surface area contributed by atoms with E-state index in [1.807, 2.05) is 12.1 Å². The van der Waals surface area contributed by atoms with Gasteiger partial charge in [0.15, 0.2) is 0 Å². The SMILES string of the molecule is CCCN(CCC)c1ccc(C=C2SC(=S)N(CC(=O)O)C2=O)cc1. The Hall–Kier alpha value is -1.86. The molecule has 1 N–H and O–H groups in total. The molecule has 0 spiro atoms. The fraction of sp³-hybridized carbons (Fsp3) is 0.389. The van der Waals surface area contributed by atoms with Crippen LogP contribution >= 0.6 is 24.0 Å². The maximum atomic E-state index is 12.3. The minimum absolute atomic E-state index is 0.285. The fourth-order valence-corrected chi connectivity index (χ4v) is 3.87. The first kappa shape index (κ1) is 19.5. The third-order valence-corrected chi connectivity index (χ3v) is 5.09. The summed E-state index contributed by atoms with van der Waals surface area (Å²) in [5.41, 5.74) is 2.06. The molecular formula is C18H22N2O3S2. The first-order valence-electron chi connectivity index (χ1n) is 8.28. The van der Waals surface area contributed by atoms with Crippen LogP contribution in [0, 0.1) is 0 Å². The van der Waals surface area contributed by atoms with Gasteiger partial charge in [-0.1, -0.05) is 50.0 Å². The van der Waals surface area contributed by atoms with Crippen LogP contribution in [0.4, 0.5) is 5.69 Å². The summed E-state index contributed by atoms with van der Waals surface area (Å²) in [6, 6.07) is 8.04. The summed E-state index contributed by atoms with van der Waals surface area (Å²) in [6.07, 6.45) is 3.94. The van der Waals surface area contributed by atoms with Gasteiger partial charge >= 0.3 is 5.97 Å². The zero-order valence-corrected chi connectivity index (χ0v) is 16.0. The lowest BCUT2D eigenvalue weighted by Crippen LogP contribution is -2.33. The largest absolute Gasteiger partial charge is 0.480 e. The maximum absolute atomic E-state index is 12.3. The maximum Gasteiger partial charge on any atom is 0.323 e. The number of aliphatic carboxylic acids is 1. The molecule has 1 aromatic carbocycles. The number of anilines is 1. The Balaban J connectivity index is 2.15. The molecule has 1 aliphatic heterocycles. The van der Waals surface area contributed by atoms with Crippen LogP contribution < -0.4 is 4.90 Å². The molecule has 2 rings (SSSR count). The molecule has 1 fully saturated rings. The van der Waals surface area contributed by atoms with Gasteiger partial charge in [0, 0.05) is 18.8 Å². The van der Waals surface area contributed by atoms with Crippen LogP contribution in [0.25, 0.3) is 6.08 Å². The number of carboxylic acids is 1. The van der Waals surface area contributed by atoms with Crippen molar-refractivity contribution in [1.82, 2.24) is 4.90 Å². The number of amides is 1. The zero-order chi connectivity index (χ0) is 18.4. The van der Waals surface area contributed by atoms with E-state index >= 15 is 0 Å². The quantitative estimate of drug-likeness (QED) is 0.551. The van der Waals surface area contributed by atoms with Crippen molar-refractivity contribution in [3.8, 4) is 0 Å². The number of thioether (sulfide) groups is 1. The van der Waals surface area contributed by atoms with E-state index < -0.39 is 12.5 Å². The Bertz CT molecular complexity index is 680. The predicted octanol–water partition coefficient (Wildman–Crippen LogP) is 3.60. The van der Waals surface area contributed by atoms with Crippen molar-refractivity contribution in [2.45, 2.75) is 26.7 Å². The molecule has 134 valence electrons. The van der Waals surface area contributed by atoms with Crippen molar-refractivity contribution in [3.05, 3.63) is 34.7 Å². The molecule has 1 aromatic rings. The number of benzene rings is 1. The molecule has 5 nitrogen and oxygen atoms in total. The molecule has 0 atom stereocenters. The summed E-state index contributed by atoms with van der Waals surface area (Å²) in [7, 11) is 0. The van der Waals surface area contributed by atoms with Crippen molar-refractivity contribution in [1.29, 1.82) is 0 Å². The molecule has 7 heteroatoms. The van der Waals surface area contributed by atoms with Gasteiger partial charge in [0.05, 0.1) is 4.91 Å². The molecular weight excluding hydrogens is 356 g/mol. The molecule has 1 aliphatic rings. The van der Waals surface area contributed by atoms with Crippen LogP contribution in [0.2, 0.25) is 0 Å². The number of hydrogen-bond acceptors (Lipinski definition) is 5. The van der Waals surface area contributed by atoms with Gasteiger partial charge < -0.3 is 10.0 Å². The standard InChI is InChI=1S/C18H22N2O3S2/c1-3-9-19(10-4-2)14-7-5-13(6-8-14)11-15-17(23)20(12-16(21)22)18(24)25-15/h5-8,11H,3-4,9-10,12H2,1-2H3,(H,21,22).